The maximum Gasteiger partial charge on any atom is 0.410 e. The topological polar surface area (TPSA) is 61.8 Å². The van der Waals surface area contributed by atoms with Crippen molar-refractivity contribution >= 4 is 6.09 Å². The Kier molecular flexibility index (Phi) is 5.72. The van der Waals surface area contributed by atoms with E-state index in [0.717, 1.165) is 58.0 Å². The molecule has 1 aliphatic carbocycles. The molecule has 1 unspecified atom stereocenters. The number of amides is 1. The first-order valence-electron chi connectivity index (χ1n) is 8.72. The molecule has 22 heavy (non-hydrogen) atoms. The number of nitrogens with one attached hydrogen (secondary N) is 1. The van der Waals surface area contributed by atoms with Crippen LogP contribution >= 0.6 is 0 Å². The average Bonchev–Trinajstić information content (AvgIpc) is 2.84. The van der Waals surface area contributed by atoms with Crippen LogP contribution in [0.2, 0.25) is 0 Å². The van der Waals surface area contributed by atoms with E-state index in [4.69, 9.17) is 4.74 Å². The first kappa shape index (κ1) is 17.5. The van der Waals surface area contributed by atoms with E-state index in [-0.39, 0.29) is 12.1 Å². The number of ether oxygens (including phenoxy) is 1. The molecule has 2 aliphatic rings. The highest BCUT2D eigenvalue weighted by Gasteiger charge is 2.33. The molecule has 1 heterocycles. The van der Waals surface area contributed by atoms with Gasteiger partial charge in [-0.1, -0.05) is 12.8 Å². The zero-order valence-corrected chi connectivity index (χ0v) is 14.4. The van der Waals surface area contributed by atoms with Gasteiger partial charge in [-0.2, -0.15) is 0 Å². The number of likely N-dealkylation sites (tertiary alicyclic amines) is 1. The van der Waals surface area contributed by atoms with Crippen molar-refractivity contribution in [3.05, 3.63) is 0 Å². The molecule has 1 saturated carbocycles. The molecule has 128 valence electrons. The zero-order valence-electron chi connectivity index (χ0n) is 14.4. The van der Waals surface area contributed by atoms with Gasteiger partial charge in [0.2, 0.25) is 0 Å². The molecule has 2 N–H and O–H groups in total. The Bertz CT molecular complexity index is 373. The largest absolute Gasteiger partial charge is 0.444 e. The summed E-state index contributed by atoms with van der Waals surface area (Å²) in [6.45, 7) is 7.84. The van der Waals surface area contributed by atoms with Gasteiger partial charge >= 0.3 is 6.09 Å². The summed E-state index contributed by atoms with van der Waals surface area (Å²) in [5.74, 6) is 0. The fourth-order valence-corrected chi connectivity index (χ4v) is 3.46. The van der Waals surface area contributed by atoms with Gasteiger partial charge in [-0.25, -0.2) is 4.79 Å². The van der Waals surface area contributed by atoms with Crippen LogP contribution in [0.5, 0.6) is 0 Å². The van der Waals surface area contributed by atoms with E-state index in [1.165, 1.54) is 0 Å². The van der Waals surface area contributed by atoms with Crippen LogP contribution in [0.25, 0.3) is 0 Å². The lowest BCUT2D eigenvalue weighted by molar-refractivity contribution is 0.00823. The molecule has 1 amide bonds. The molecule has 1 aliphatic heterocycles. The predicted octanol–water partition coefficient (Wildman–Crippen LogP) is 2.67. The van der Waals surface area contributed by atoms with E-state index in [2.05, 4.69) is 5.32 Å². The first-order chi connectivity index (χ1) is 10.3. The first-order valence-corrected chi connectivity index (χ1v) is 8.72. The summed E-state index contributed by atoms with van der Waals surface area (Å²) < 4.78 is 5.52. The number of aliphatic hydroxyl groups is 1. The summed E-state index contributed by atoms with van der Waals surface area (Å²) in [6, 6.07) is 0.175. The van der Waals surface area contributed by atoms with Gasteiger partial charge in [-0.15, -0.1) is 0 Å². The van der Waals surface area contributed by atoms with Crippen molar-refractivity contribution < 1.29 is 14.6 Å². The van der Waals surface area contributed by atoms with Crippen LogP contribution < -0.4 is 5.32 Å². The van der Waals surface area contributed by atoms with Crippen LogP contribution in [0, 0.1) is 0 Å². The second-order valence-electron chi connectivity index (χ2n) is 7.89. The number of hydrogen-bond acceptors (Lipinski definition) is 4. The Morgan fingerprint density at radius 2 is 1.95 bits per heavy atom. The highest BCUT2D eigenvalue weighted by atomic mass is 16.6. The minimum absolute atomic E-state index is 0.175. The molecule has 2 rings (SSSR count). The van der Waals surface area contributed by atoms with Crippen LogP contribution in [0.15, 0.2) is 0 Å². The van der Waals surface area contributed by atoms with E-state index in [9.17, 15) is 9.90 Å². The lowest BCUT2D eigenvalue weighted by atomic mass is 10.0. The van der Waals surface area contributed by atoms with E-state index in [1.54, 1.807) is 0 Å². The molecule has 1 atom stereocenters. The lowest BCUT2D eigenvalue weighted by Crippen LogP contribution is -2.51. The Morgan fingerprint density at radius 3 is 2.59 bits per heavy atom. The van der Waals surface area contributed by atoms with Gasteiger partial charge in [-0.05, 0) is 52.9 Å². The van der Waals surface area contributed by atoms with Crippen molar-refractivity contribution in [1.82, 2.24) is 10.2 Å². The van der Waals surface area contributed by atoms with Gasteiger partial charge in [0, 0.05) is 25.7 Å². The maximum absolute atomic E-state index is 12.3. The third kappa shape index (κ3) is 5.13. The smallest absolute Gasteiger partial charge is 0.410 e. The Balaban J connectivity index is 1.83. The van der Waals surface area contributed by atoms with Gasteiger partial charge in [0.1, 0.15) is 5.60 Å². The standard InChI is InChI=1S/C17H32N2O3/c1-16(2,3)22-15(20)19-11-7-4-8-14(19)12-18-13-17(21)9-5-6-10-17/h14,18,21H,4-13H2,1-3H3. The highest BCUT2D eigenvalue weighted by molar-refractivity contribution is 5.68. The number of hydrogen-bond donors (Lipinski definition) is 2. The molecule has 5 heteroatoms. The van der Waals surface area contributed by atoms with Crippen molar-refractivity contribution in [2.45, 2.75) is 83.0 Å². The molecule has 0 bridgehead atoms. The van der Waals surface area contributed by atoms with Crippen LogP contribution in [0.4, 0.5) is 4.79 Å². The van der Waals surface area contributed by atoms with Gasteiger partial charge < -0.3 is 20.1 Å². The second-order valence-corrected chi connectivity index (χ2v) is 7.89. The molecule has 0 aromatic rings. The minimum atomic E-state index is -0.536. The van der Waals surface area contributed by atoms with E-state index in [0.29, 0.717) is 6.54 Å². The van der Waals surface area contributed by atoms with Gasteiger partial charge in [0.15, 0.2) is 0 Å². The average molecular weight is 312 g/mol. The Hall–Kier alpha value is -0.810. The van der Waals surface area contributed by atoms with Crippen molar-refractivity contribution in [3.8, 4) is 0 Å². The fraction of sp³-hybridized carbons (Fsp3) is 0.941. The Labute approximate surface area is 134 Å². The number of piperidine rings is 1. The SMILES string of the molecule is CC(C)(C)OC(=O)N1CCCCC1CNCC1(O)CCCC1. The van der Waals surface area contributed by atoms with Gasteiger partial charge in [-0.3, -0.25) is 0 Å². The number of nitrogens with zero attached hydrogens (tertiary/aromatic N) is 1. The fourth-order valence-electron chi connectivity index (χ4n) is 3.46. The summed E-state index contributed by atoms with van der Waals surface area (Å²) in [5, 5.41) is 13.8. The monoisotopic (exact) mass is 312 g/mol. The maximum atomic E-state index is 12.3. The van der Waals surface area contributed by atoms with Gasteiger partial charge in [0.05, 0.1) is 5.60 Å². The molecular formula is C17H32N2O3. The van der Waals surface area contributed by atoms with E-state index in [1.807, 2.05) is 25.7 Å². The molecule has 0 radical (unpaired) electrons. The molecular weight excluding hydrogens is 280 g/mol. The summed E-state index contributed by atoms with van der Waals surface area (Å²) in [5.41, 5.74) is -0.989. The van der Waals surface area contributed by atoms with Crippen LogP contribution in [-0.4, -0.2) is 53.0 Å². The third-order valence-corrected chi connectivity index (χ3v) is 4.62. The molecule has 5 nitrogen and oxygen atoms in total. The van der Waals surface area contributed by atoms with Crippen molar-refractivity contribution in [2.24, 2.45) is 0 Å². The number of rotatable bonds is 4. The Morgan fingerprint density at radius 1 is 1.27 bits per heavy atom. The number of carbonyl (C=O) groups excluding carboxylic acids is 1. The summed E-state index contributed by atoms with van der Waals surface area (Å²) in [7, 11) is 0. The van der Waals surface area contributed by atoms with Crippen molar-refractivity contribution in [3.63, 3.8) is 0 Å². The van der Waals surface area contributed by atoms with Crippen LogP contribution in [0.3, 0.4) is 0 Å². The zero-order chi connectivity index (χ0) is 16.2. The number of carbonyl (C=O) groups is 1. The van der Waals surface area contributed by atoms with Gasteiger partial charge in [0.25, 0.3) is 0 Å². The molecule has 0 spiro atoms. The normalized spacial score (nSPS) is 25.3. The van der Waals surface area contributed by atoms with Crippen molar-refractivity contribution in [1.29, 1.82) is 0 Å². The lowest BCUT2D eigenvalue weighted by Gasteiger charge is -2.37. The molecule has 0 aromatic heterocycles. The van der Waals surface area contributed by atoms with Crippen molar-refractivity contribution in [2.75, 3.05) is 19.6 Å². The summed E-state index contributed by atoms with van der Waals surface area (Å²) in [6.07, 6.45) is 7.00. The van der Waals surface area contributed by atoms with Crippen LogP contribution in [0.1, 0.15) is 65.7 Å². The second kappa shape index (κ2) is 7.18. The highest BCUT2D eigenvalue weighted by Crippen LogP contribution is 2.28. The van der Waals surface area contributed by atoms with Crippen LogP contribution in [-0.2, 0) is 4.74 Å². The third-order valence-electron chi connectivity index (χ3n) is 4.62. The molecule has 2 fully saturated rings. The molecule has 1 saturated heterocycles. The quantitative estimate of drug-likeness (QED) is 0.838. The molecule has 0 aromatic carbocycles. The van der Waals surface area contributed by atoms with E-state index >= 15 is 0 Å². The van der Waals surface area contributed by atoms with E-state index < -0.39 is 11.2 Å². The summed E-state index contributed by atoms with van der Waals surface area (Å²) in [4.78, 5) is 14.2. The summed E-state index contributed by atoms with van der Waals surface area (Å²) >= 11 is 0. The minimum Gasteiger partial charge on any atom is -0.444 e. The predicted molar refractivity (Wildman–Crippen MR) is 86.9 cm³/mol.